The van der Waals surface area contributed by atoms with Gasteiger partial charge in [-0.1, -0.05) is 0 Å². The number of hydrogen-bond acceptors (Lipinski definition) is 6. The zero-order valence-electron chi connectivity index (χ0n) is 17.6. The summed E-state index contributed by atoms with van der Waals surface area (Å²) in [6, 6.07) is 5.81. The van der Waals surface area contributed by atoms with Gasteiger partial charge >= 0.3 is 12.1 Å². The van der Waals surface area contributed by atoms with Crippen LogP contribution in [-0.4, -0.2) is 58.4 Å². The Morgan fingerprint density at radius 2 is 1.90 bits per heavy atom. The van der Waals surface area contributed by atoms with Gasteiger partial charge in [0.1, 0.15) is 23.1 Å². The van der Waals surface area contributed by atoms with Crippen LogP contribution in [0, 0.1) is 12.3 Å². The number of aromatic nitrogens is 2. The van der Waals surface area contributed by atoms with Crippen molar-refractivity contribution >= 4 is 29.6 Å². The van der Waals surface area contributed by atoms with E-state index in [-0.39, 0.29) is 17.4 Å². The number of hydrogen-bond donors (Lipinski definition) is 2. The first kappa shape index (κ1) is 20.6. The van der Waals surface area contributed by atoms with Gasteiger partial charge in [0.25, 0.3) is 0 Å². The molecule has 10 nitrogen and oxygen atoms in total. The molecule has 1 saturated heterocycles. The van der Waals surface area contributed by atoms with Crippen molar-refractivity contribution in [2.75, 3.05) is 31.3 Å². The molecular formula is C21H24N6O4. The zero-order valence-corrected chi connectivity index (χ0v) is 17.6. The van der Waals surface area contributed by atoms with Gasteiger partial charge in [-0.05, 0) is 44.4 Å². The second-order valence-electron chi connectivity index (χ2n) is 8.00. The predicted octanol–water partition coefficient (Wildman–Crippen LogP) is 3.22. The van der Waals surface area contributed by atoms with Crippen LogP contribution in [0.4, 0.5) is 21.2 Å². The van der Waals surface area contributed by atoms with Crippen molar-refractivity contribution in [3.8, 4) is 11.5 Å². The van der Waals surface area contributed by atoms with Crippen molar-refractivity contribution in [2.45, 2.75) is 26.2 Å². The van der Waals surface area contributed by atoms with Gasteiger partial charge in [0.2, 0.25) is 5.91 Å². The third-order valence-corrected chi connectivity index (χ3v) is 5.48. The fourth-order valence-electron chi connectivity index (χ4n) is 3.42. The van der Waals surface area contributed by atoms with E-state index >= 15 is 0 Å². The summed E-state index contributed by atoms with van der Waals surface area (Å²) >= 11 is 0. The van der Waals surface area contributed by atoms with Gasteiger partial charge in [0.15, 0.2) is 0 Å². The maximum atomic E-state index is 12.5. The molecule has 2 fully saturated rings. The van der Waals surface area contributed by atoms with Crippen LogP contribution in [0.1, 0.15) is 25.0 Å². The first-order valence-corrected chi connectivity index (χ1v) is 10.0. The quantitative estimate of drug-likeness (QED) is 0.778. The number of carbonyl (C=O) groups is 3. The third-order valence-electron chi connectivity index (χ3n) is 5.48. The van der Waals surface area contributed by atoms with Crippen LogP contribution in [0.5, 0.6) is 11.5 Å². The molecule has 162 valence electrons. The molecule has 1 saturated carbocycles. The summed E-state index contributed by atoms with van der Waals surface area (Å²) in [7, 11) is 3.27. The van der Waals surface area contributed by atoms with Crippen molar-refractivity contribution in [2.24, 2.45) is 5.41 Å². The summed E-state index contributed by atoms with van der Waals surface area (Å²) in [5, 5.41) is 5.34. The van der Waals surface area contributed by atoms with Crippen molar-refractivity contribution in [1.29, 1.82) is 0 Å². The smallest absolute Gasteiger partial charge is 0.329 e. The van der Waals surface area contributed by atoms with Gasteiger partial charge in [-0.3, -0.25) is 20.3 Å². The minimum atomic E-state index is -0.454. The van der Waals surface area contributed by atoms with E-state index in [0.717, 1.165) is 19.3 Å². The summed E-state index contributed by atoms with van der Waals surface area (Å²) in [6.45, 7) is 2.20. The van der Waals surface area contributed by atoms with Crippen LogP contribution in [0.25, 0.3) is 0 Å². The summed E-state index contributed by atoms with van der Waals surface area (Å²) in [6.07, 6.45) is 4.00. The molecule has 10 heteroatoms. The number of aryl methyl sites for hydroxylation is 1. The number of amides is 5. The zero-order chi connectivity index (χ0) is 22.2. The molecule has 1 aliphatic carbocycles. The molecule has 5 amide bonds. The highest BCUT2D eigenvalue weighted by atomic mass is 16.5. The molecule has 2 aromatic rings. The number of ether oxygens (including phenoxy) is 1. The number of likely N-dealkylation sites (tertiary alicyclic amines) is 1. The molecule has 0 bridgehead atoms. The number of urea groups is 2. The number of imide groups is 1. The van der Waals surface area contributed by atoms with E-state index in [2.05, 4.69) is 20.6 Å². The number of rotatable bonds is 4. The van der Waals surface area contributed by atoms with Crippen LogP contribution >= 0.6 is 0 Å². The van der Waals surface area contributed by atoms with E-state index in [0.29, 0.717) is 35.4 Å². The Hall–Kier alpha value is -3.69. The number of nitrogens with zero attached hydrogens (tertiary/aromatic N) is 4. The maximum Gasteiger partial charge on any atom is 0.329 e. The Morgan fingerprint density at radius 1 is 1.13 bits per heavy atom. The van der Waals surface area contributed by atoms with Crippen molar-refractivity contribution < 1.29 is 19.1 Å². The SMILES string of the molecule is Cc1nc(NC(=O)N2CCC3(CC3)C2=O)ccc1Oc1ccnc(NC(=O)N(C)C)c1. The highest BCUT2D eigenvalue weighted by molar-refractivity contribution is 6.05. The second kappa shape index (κ2) is 7.86. The first-order chi connectivity index (χ1) is 14.8. The minimum absolute atomic E-state index is 0.0866. The van der Waals surface area contributed by atoms with Crippen molar-refractivity contribution in [3.63, 3.8) is 0 Å². The monoisotopic (exact) mass is 424 g/mol. The first-order valence-electron chi connectivity index (χ1n) is 10.0. The molecule has 4 rings (SSSR count). The molecule has 0 aromatic carbocycles. The van der Waals surface area contributed by atoms with E-state index < -0.39 is 6.03 Å². The van der Waals surface area contributed by atoms with Gasteiger partial charge < -0.3 is 9.64 Å². The van der Waals surface area contributed by atoms with E-state index in [1.807, 2.05) is 0 Å². The molecule has 31 heavy (non-hydrogen) atoms. The average molecular weight is 424 g/mol. The molecule has 3 heterocycles. The van der Waals surface area contributed by atoms with E-state index in [9.17, 15) is 14.4 Å². The van der Waals surface area contributed by atoms with Crippen molar-refractivity contribution in [3.05, 3.63) is 36.2 Å². The molecule has 1 aliphatic heterocycles. The van der Waals surface area contributed by atoms with Crippen molar-refractivity contribution in [1.82, 2.24) is 19.8 Å². The number of pyridine rings is 2. The van der Waals surface area contributed by atoms with Gasteiger partial charge in [-0.15, -0.1) is 0 Å². The van der Waals surface area contributed by atoms with Gasteiger partial charge in [-0.2, -0.15) is 0 Å². The van der Waals surface area contributed by atoms with Crippen LogP contribution in [0.2, 0.25) is 0 Å². The van der Waals surface area contributed by atoms with Gasteiger partial charge in [-0.25, -0.2) is 19.6 Å². The molecule has 2 aromatic heterocycles. The predicted molar refractivity (Wildman–Crippen MR) is 113 cm³/mol. The lowest BCUT2D eigenvalue weighted by atomic mass is 10.1. The topological polar surface area (TPSA) is 117 Å². The fourth-order valence-corrected chi connectivity index (χ4v) is 3.42. The molecule has 2 N–H and O–H groups in total. The fraction of sp³-hybridized carbons (Fsp3) is 0.381. The number of nitrogens with one attached hydrogen (secondary N) is 2. The van der Waals surface area contributed by atoms with E-state index in [4.69, 9.17) is 4.74 Å². The molecule has 2 aliphatic rings. The van der Waals surface area contributed by atoms with Crippen LogP contribution < -0.4 is 15.4 Å². The highest BCUT2D eigenvalue weighted by Crippen LogP contribution is 2.53. The standard InChI is InChI=1S/C21H24N6O4/c1-13-15(31-14-6-10-22-17(12-14)25-19(29)26(2)3)4-5-16(23-13)24-20(30)27-11-9-21(7-8-21)18(27)28/h4-6,10,12H,7-9,11H2,1-3H3,(H,22,25,29)(H,23,24,30). The Kier molecular flexibility index (Phi) is 5.22. The van der Waals surface area contributed by atoms with Gasteiger partial charge in [0.05, 0.1) is 11.1 Å². The minimum Gasteiger partial charge on any atom is -0.455 e. The molecular weight excluding hydrogens is 400 g/mol. The Morgan fingerprint density at radius 3 is 2.55 bits per heavy atom. The highest BCUT2D eigenvalue weighted by Gasteiger charge is 2.56. The summed E-state index contributed by atoms with van der Waals surface area (Å²) in [5.41, 5.74) is 0.272. The third kappa shape index (κ3) is 4.27. The normalized spacial score (nSPS) is 16.2. The molecule has 0 unspecified atom stereocenters. The lowest BCUT2D eigenvalue weighted by Gasteiger charge is -2.16. The summed E-state index contributed by atoms with van der Waals surface area (Å²) in [5.74, 6) is 1.57. The van der Waals surface area contributed by atoms with Crippen LogP contribution in [0.3, 0.4) is 0 Å². The Balaban J connectivity index is 1.40. The maximum absolute atomic E-state index is 12.5. The van der Waals surface area contributed by atoms with Gasteiger partial charge in [0, 0.05) is 32.9 Å². The van der Waals surface area contributed by atoms with E-state index in [1.165, 1.54) is 16.0 Å². The summed E-state index contributed by atoms with van der Waals surface area (Å²) < 4.78 is 5.86. The Labute approximate surface area is 179 Å². The Bertz CT molecular complexity index is 1050. The van der Waals surface area contributed by atoms with E-state index in [1.54, 1.807) is 45.3 Å². The lowest BCUT2D eigenvalue weighted by molar-refractivity contribution is -0.129. The molecule has 1 spiro atoms. The summed E-state index contributed by atoms with van der Waals surface area (Å²) in [4.78, 5) is 47.8. The average Bonchev–Trinajstić information content (AvgIpc) is 3.44. The molecule has 0 atom stereocenters. The van der Waals surface area contributed by atoms with Crippen LogP contribution in [0.15, 0.2) is 30.5 Å². The number of anilines is 2. The lowest BCUT2D eigenvalue weighted by Crippen LogP contribution is -2.37. The number of carbonyl (C=O) groups excluding carboxylic acids is 3. The second-order valence-corrected chi connectivity index (χ2v) is 8.00. The van der Waals surface area contributed by atoms with Crippen LogP contribution in [-0.2, 0) is 4.79 Å². The largest absolute Gasteiger partial charge is 0.455 e. The molecule has 0 radical (unpaired) electrons.